The zero-order valence-electron chi connectivity index (χ0n) is 16.6. The van der Waals surface area contributed by atoms with E-state index in [1.165, 1.54) is 0 Å². The summed E-state index contributed by atoms with van der Waals surface area (Å²) < 4.78 is 58.8. The van der Waals surface area contributed by atoms with Crippen molar-refractivity contribution in [2.45, 2.75) is 42.8 Å². The van der Waals surface area contributed by atoms with Crippen LogP contribution in [0.2, 0.25) is 0 Å². The summed E-state index contributed by atoms with van der Waals surface area (Å²) in [6, 6.07) is 6.44. The molecule has 160 valence electrons. The average molecular weight is 436 g/mol. The lowest BCUT2D eigenvalue weighted by Crippen LogP contribution is -2.28. The van der Waals surface area contributed by atoms with E-state index in [-0.39, 0.29) is 16.4 Å². The number of nitrogens with zero attached hydrogens (tertiary/aromatic N) is 2. The van der Waals surface area contributed by atoms with Crippen LogP contribution in [0, 0.1) is 6.92 Å². The summed E-state index contributed by atoms with van der Waals surface area (Å²) in [6.45, 7) is 3.19. The van der Waals surface area contributed by atoms with E-state index in [0.717, 1.165) is 6.92 Å². The van der Waals surface area contributed by atoms with Gasteiger partial charge in [-0.05, 0) is 44.0 Å². The van der Waals surface area contributed by atoms with Gasteiger partial charge >= 0.3 is 0 Å². The van der Waals surface area contributed by atoms with E-state index in [9.17, 15) is 17.2 Å². The number of H-pyrrole nitrogens is 1. The van der Waals surface area contributed by atoms with Crippen LogP contribution in [0.4, 0.5) is 20.3 Å². The molecule has 1 saturated heterocycles. The van der Waals surface area contributed by atoms with Gasteiger partial charge in [-0.15, -0.1) is 0 Å². The van der Waals surface area contributed by atoms with Crippen molar-refractivity contribution in [1.82, 2.24) is 15.2 Å². The van der Waals surface area contributed by atoms with Gasteiger partial charge in [0.25, 0.3) is 5.92 Å². The fraction of sp³-hybridized carbons (Fsp3) is 0.400. The Labute approximate surface area is 172 Å². The quantitative estimate of drug-likeness (QED) is 0.626. The fourth-order valence-corrected chi connectivity index (χ4v) is 5.40. The summed E-state index contributed by atoms with van der Waals surface area (Å²) in [5.74, 6) is -2.81. The minimum atomic E-state index is -3.52. The molecular formula is C20H22F2N4O3S. The molecule has 0 unspecified atom stereocenters. The largest absolute Gasteiger partial charge is 0.381 e. The number of hydrogen-bond donors (Lipinski definition) is 2. The molecule has 4 rings (SSSR count). The molecule has 1 fully saturated rings. The molecule has 1 aliphatic heterocycles. The number of aromatic nitrogens is 3. The van der Waals surface area contributed by atoms with Crippen LogP contribution in [-0.4, -0.2) is 42.1 Å². The standard InChI is InChI=1S/C20H22F2N4O3S/c1-12-18(20(2,21)22)25-26-19(12)24-17-5-8-23-16-4-3-14(11-15(16)17)30(27,28)13-6-9-29-10-7-13/h3-5,8,11,13H,6-7,9-10H2,1-2H3,(H2,23,24,25,26). The van der Waals surface area contributed by atoms with Gasteiger partial charge in [-0.25, -0.2) is 8.42 Å². The normalized spacial score (nSPS) is 16.1. The number of alkyl halides is 2. The minimum Gasteiger partial charge on any atom is -0.381 e. The number of sulfone groups is 1. The van der Waals surface area contributed by atoms with Gasteiger partial charge in [0.1, 0.15) is 5.69 Å². The van der Waals surface area contributed by atoms with Crippen molar-refractivity contribution in [3.63, 3.8) is 0 Å². The molecule has 0 saturated carbocycles. The predicted molar refractivity (Wildman–Crippen MR) is 109 cm³/mol. The Morgan fingerprint density at radius 2 is 1.97 bits per heavy atom. The Kier molecular flexibility index (Phi) is 5.23. The van der Waals surface area contributed by atoms with Gasteiger partial charge in [0, 0.05) is 37.3 Å². The van der Waals surface area contributed by atoms with E-state index in [2.05, 4.69) is 20.5 Å². The number of rotatable bonds is 5. The van der Waals surface area contributed by atoms with Crippen LogP contribution in [0.25, 0.3) is 10.9 Å². The molecule has 0 radical (unpaired) electrons. The highest BCUT2D eigenvalue weighted by molar-refractivity contribution is 7.92. The number of halogens is 2. The second-order valence-electron chi connectivity index (χ2n) is 7.48. The van der Waals surface area contributed by atoms with E-state index in [1.807, 2.05) is 0 Å². The third kappa shape index (κ3) is 3.77. The Morgan fingerprint density at radius 1 is 1.23 bits per heavy atom. The van der Waals surface area contributed by atoms with Gasteiger partial charge in [0.2, 0.25) is 0 Å². The van der Waals surface area contributed by atoms with Gasteiger partial charge in [0.05, 0.1) is 21.3 Å². The maximum absolute atomic E-state index is 13.7. The monoisotopic (exact) mass is 436 g/mol. The van der Waals surface area contributed by atoms with Gasteiger partial charge < -0.3 is 10.1 Å². The topological polar surface area (TPSA) is 97.0 Å². The highest BCUT2D eigenvalue weighted by atomic mass is 32.2. The number of anilines is 2. The molecule has 3 aromatic rings. The van der Waals surface area contributed by atoms with Crippen molar-refractivity contribution in [3.8, 4) is 0 Å². The van der Waals surface area contributed by atoms with Crippen molar-refractivity contribution in [3.05, 3.63) is 41.7 Å². The van der Waals surface area contributed by atoms with E-state index in [1.54, 1.807) is 37.4 Å². The average Bonchev–Trinajstić information content (AvgIpc) is 3.09. The van der Waals surface area contributed by atoms with Gasteiger partial charge in [-0.3, -0.25) is 10.1 Å². The number of hydrogen-bond acceptors (Lipinski definition) is 6. The highest BCUT2D eigenvalue weighted by Gasteiger charge is 2.31. The van der Waals surface area contributed by atoms with Crippen molar-refractivity contribution in [1.29, 1.82) is 0 Å². The molecule has 1 aliphatic rings. The summed E-state index contributed by atoms with van der Waals surface area (Å²) in [7, 11) is -3.52. The zero-order valence-corrected chi connectivity index (χ0v) is 17.4. The molecular weight excluding hydrogens is 414 g/mol. The Hall–Kier alpha value is -2.59. The maximum atomic E-state index is 13.7. The van der Waals surface area contributed by atoms with Crippen LogP contribution < -0.4 is 5.32 Å². The summed E-state index contributed by atoms with van der Waals surface area (Å²) in [6.07, 6.45) is 2.48. The SMILES string of the molecule is Cc1c(Nc2ccnc3ccc(S(=O)(=O)C4CCOCC4)cc23)n[nH]c1C(C)(F)F. The van der Waals surface area contributed by atoms with Gasteiger partial charge in [0.15, 0.2) is 15.7 Å². The molecule has 1 aromatic carbocycles. The molecule has 2 aromatic heterocycles. The summed E-state index contributed by atoms with van der Waals surface area (Å²) in [5.41, 5.74) is 1.13. The number of benzene rings is 1. The maximum Gasteiger partial charge on any atom is 0.286 e. The molecule has 0 spiro atoms. The lowest BCUT2D eigenvalue weighted by Gasteiger charge is -2.22. The van der Waals surface area contributed by atoms with Crippen LogP contribution in [-0.2, 0) is 20.5 Å². The van der Waals surface area contributed by atoms with E-state index in [4.69, 9.17) is 4.74 Å². The lowest BCUT2D eigenvalue weighted by atomic mass is 10.1. The van der Waals surface area contributed by atoms with E-state index in [0.29, 0.717) is 48.2 Å². The van der Waals surface area contributed by atoms with Crippen LogP contribution in [0.3, 0.4) is 0 Å². The number of ether oxygens (including phenoxy) is 1. The van der Waals surface area contributed by atoms with Crippen LogP contribution >= 0.6 is 0 Å². The molecule has 2 N–H and O–H groups in total. The Balaban J connectivity index is 1.73. The number of fused-ring (bicyclic) bond motifs is 1. The second kappa shape index (κ2) is 7.59. The van der Waals surface area contributed by atoms with Gasteiger partial charge in [-0.1, -0.05) is 0 Å². The number of pyridine rings is 1. The smallest absolute Gasteiger partial charge is 0.286 e. The van der Waals surface area contributed by atoms with Crippen LogP contribution in [0.1, 0.15) is 31.0 Å². The first-order chi connectivity index (χ1) is 14.2. The summed E-state index contributed by atoms with van der Waals surface area (Å²) in [5, 5.41) is 9.45. The minimum absolute atomic E-state index is 0.206. The highest BCUT2D eigenvalue weighted by Crippen LogP contribution is 2.34. The second-order valence-corrected chi connectivity index (χ2v) is 9.71. The molecule has 3 heterocycles. The molecule has 0 aliphatic carbocycles. The molecule has 0 atom stereocenters. The summed E-state index contributed by atoms with van der Waals surface area (Å²) >= 11 is 0. The van der Waals surface area contributed by atoms with Crippen molar-refractivity contribution >= 4 is 32.2 Å². The van der Waals surface area contributed by atoms with Crippen molar-refractivity contribution in [2.75, 3.05) is 18.5 Å². The molecule has 10 heteroatoms. The third-order valence-corrected chi connectivity index (χ3v) is 7.61. The number of aromatic amines is 1. The molecule has 30 heavy (non-hydrogen) atoms. The first kappa shape index (κ1) is 20.7. The third-order valence-electron chi connectivity index (χ3n) is 5.35. The van der Waals surface area contributed by atoms with Crippen molar-refractivity contribution in [2.24, 2.45) is 0 Å². The van der Waals surface area contributed by atoms with Crippen LogP contribution in [0.5, 0.6) is 0 Å². The van der Waals surface area contributed by atoms with Crippen molar-refractivity contribution < 1.29 is 21.9 Å². The Bertz CT molecular complexity index is 1180. The van der Waals surface area contributed by atoms with Gasteiger partial charge in [-0.2, -0.15) is 13.9 Å². The molecule has 7 nitrogen and oxygen atoms in total. The molecule has 0 bridgehead atoms. The first-order valence-corrected chi connectivity index (χ1v) is 11.1. The molecule has 0 amide bonds. The lowest BCUT2D eigenvalue weighted by molar-refractivity contribution is 0.0121. The van der Waals surface area contributed by atoms with E-state index < -0.39 is 21.0 Å². The van der Waals surface area contributed by atoms with E-state index >= 15 is 0 Å². The first-order valence-electron chi connectivity index (χ1n) is 9.58. The predicted octanol–water partition coefficient (Wildman–Crippen LogP) is 4.07. The Morgan fingerprint density at radius 3 is 2.63 bits per heavy atom. The zero-order chi connectivity index (χ0) is 21.5. The summed E-state index contributed by atoms with van der Waals surface area (Å²) in [4.78, 5) is 4.49. The fourth-order valence-electron chi connectivity index (χ4n) is 3.66. The van der Waals surface area contributed by atoms with Crippen LogP contribution in [0.15, 0.2) is 35.4 Å². The number of nitrogens with one attached hydrogen (secondary N) is 2.